The largest absolute Gasteiger partial charge is 0.334 e. The van der Waals surface area contributed by atoms with E-state index in [1.165, 1.54) is 5.56 Å². The molecule has 0 aliphatic carbocycles. The second-order valence-corrected chi connectivity index (χ2v) is 6.81. The number of likely N-dealkylation sites (N-methyl/N-ethyl adjacent to an activating group) is 1. The van der Waals surface area contributed by atoms with Crippen LogP contribution in [-0.4, -0.2) is 73.0 Å². The number of hydrogen-bond acceptors (Lipinski definition) is 4. The Morgan fingerprint density at radius 3 is 2.48 bits per heavy atom. The molecule has 2 aliphatic rings. The number of benzene rings is 1. The van der Waals surface area contributed by atoms with Crippen LogP contribution in [-0.2, 0) is 6.54 Å². The molecule has 0 saturated carbocycles. The lowest BCUT2D eigenvalue weighted by Crippen LogP contribution is -2.43. The summed E-state index contributed by atoms with van der Waals surface area (Å²) in [6.45, 7) is 6.86. The van der Waals surface area contributed by atoms with E-state index in [1.54, 1.807) is 0 Å². The maximum absolute atomic E-state index is 12.6. The van der Waals surface area contributed by atoms with Gasteiger partial charge in [0.05, 0.1) is 0 Å². The fraction of sp³-hybridized carbons (Fsp3) is 0.611. The number of rotatable bonds is 4. The van der Waals surface area contributed by atoms with E-state index in [9.17, 15) is 4.79 Å². The molecule has 2 fully saturated rings. The summed E-state index contributed by atoms with van der Waals surface area (Å²) >= 11 is 0. The second kappa shape index (κ2) is 7.43. The highest BCUT2D eigenvalue weighted by Gasteiger charge is 2.28. The van der Waals surface area contributed by atoms with Crippen molar-refractivity contribution in [3.05, 3.63) is 35.4 Å². The van der Waals surface area contributed by atoms with E-state index in [0.717, 1.165) is 57.7 Å². The van der Waals surface area contributed by atoms with E-state index in [-0.39, 0.29) is 11.9 Å². The molecule has 2 saturated heterocycles. The van der Waals surface area contributed by atoms with E-state index >= 15 is 0 Å². The maximum atomic E-state index is 12.6. The Labute approximate surface area is 139 Å². The second-order valence-electron chi connectivity index (χ2n) is 6.81. The first-order chi connectivity index (χ1) is 11.2. The lowest BCUT2D eigenvalue weighted by molar-refractivity contribution is 0.0741. The Bertz CT molecular complexity index is 522. The molecule has 23 heavy (non-hydrogen) atoms. The van der Waals surface area contributed by atoms with Crippen molar-refractivity contribution in [1.82, 2.24) is 14.7 Å². The molecule has 2 aliphatic heterocycles. The monoisotopic (exact) mass is 316 g/mol. The third-order valence-corrected chi connectivity index (χ3v) is 5.11. The van der Waals surface area contributed by atoms with E-state index in [2.05, 4.69) is 29.0 Å². The highest BCUT2D eigenvalue weighted by molar-refractivity contribution is 5.94. The quantitative estimate of drug-likeness (QED) is 0.900. The van der Waals surface area contributed by atoms with Gasteiger partial charge in [-0.25, -0.2) is 0 Å². The van der Waals surface area contributed by atoms with Crippen LogP contribution >= 0.6 is 0 Å². The van der Waals surface area contributed by atoms with Gasteiger partial charge in [-0.1, -0.05) is 12.1 Å². The van der Waals surface area contributed by atoms with Gasteiger partial charge >= 0.3 is 0 Å². The Balaban J connectivity index is 1.59. The SMILES string of the molecule is CN1CCN(Cc2ccc(C(=O)N3CCCC3CN)cc2)CC1. The molecular formula is C18H28N4O. The van der Waals surface area contributed by atoms with Gasteiger partial charge < -0.3 is 15.5 Å². The number of nitrogens with zero attached hydrogens (tertiary/aromatic N) is 3. The summed E-state index contributed by atoms with van der Waals surface area (Å²) in [5.74, 6) is 0.129. The third kappa shape index (κ3) is 3.91. The smallest absolute Gasteiger partial charge is 0.254 e. The molecule has 2 N–H and O–H groups in total. The van der Waals surface area contributed by atoms with E-state index < -0.39 is 0 Å². The summed E-state index contributed by atoms with van der Waals surface area (Å²) in [6, 6.07) is 8.35. The zero-order chi connectivity index (χ0) is 16.2. The molecule has 1 aromatic carbocycles. The van der Waals surface area contributed by atoms with Crippen LogP contribution in [0.3, 0.4) is 0 Å². The summed E-state index contributed by atoms with van der Waals surface area (Å²) in [5.41, 5.74) is 7.84. The van der Waals surface area contributed by atoms with Gasteiger partial charge in [-0.05, 0) is 37.6 Å². The van der Waals surface area contributed by atoms with Gasteiger partial charge in [0.25, 0.3) is 5.91 Å². The minimum absolute atomic E-state index is 0.129. The summed E-state index contributed by atoms with van der Waals surface area (Å²) in [6.07, 6.45) is 2.10. The van der Waals surface area contributed by atoms with Gasteiger partial charge in [-0.2, -0.15) is 0 Å². The number of nitrogens with two attached hydrogens (primary N) is 1. The zero-order valence-corrected chi connectivity index (χ0v) is 14.1. The number of carbonyl (C=O) groups excluding carboxylic acids is 1. The first kappa shape index (κ1) is 16.4. The number of carbonyl (C=O) groups is 1. The fourth-order valence-electron chi connectivity index (χ4n) is 3.53. The van der Waals surface area contributed by atoms with Crippen molar-refractivity contribution in [3.63, 3.8) is 0 Å². The van der Waals surface area contributed by atoms with E-state index in [1.807, 2.05) is 17.0 Å². The van der Waals surface area contributed by atoms with Crippen LogP contribution in [0.2, 0.25) is 0 Å². The van der Waals surface area contributed by atoms with Gasteiger partial charge in [0.1, 0.15) is 0 Å². The Hall–Kier alpha value is -1.43. The van der Waals surface area contributed by atoms with Crippen molar-refractivity contribution < 1.29 is 4.79 Å². The van der Waals surface area contributed by atoms with Crippen LogP contribution in [0.1, 0.15) is 28.8 Å². The van der Waals surface area contributed by atoms with Gasteiger partial charge in [-0.3, -0.25) is 9.69 Å². The number of piperazine rings is 1. The molecule has 1 aromatic rings. The summed E-state index contributed by atoms with van der Waals surface area (Å²) in [7, 11) is 2.17. The van der Waals surface area contributed by atoms with Crippen LogP contribution in [0.25, 0.3) is 0 Å². The predicted octanol–water partition coefficient (Wildman–Crippen LogP) is 0.997. The van der Waals surface area contributed by atoms with Crippen molar-refractivity contribution >= 4 is 5.91 Å². The molecule has 2 heterocycles. The number of hydrogen-bond donors (Lipinski definition) is 1. The molecule has 3 rings (SSSR count). The molecule has 1 unspecified atom stereocenters. The zero-order valence-electron chi connectivity index (χ0n) is 14.1. The molecule has 1 amide bonds. The first-order valence-corrected chi connectivity index (χ1v) is 8.68. The van der Waals surface area contributed by atoms with E-state index in [0.29, 0.717) is 6.54 Å². The molecule has 126 valence electrons. The molecule has 0 bridgehead atoms. The summed E-state index contributed by atoms with van der Waals surface area (Å²) < 4.78 is 0. The molecular weight excluding hydrogens is 288 g/mol. The molecule has 5 nitrogen and oxygen atoms in total. The van der Waals surface area contributed by atoms with Crippen molar-refractivity contribution in [3.8, 4) is 0 Å². The van der Waals surface area contributed by atoms with Gasteiger partial charge in [0.15, 0.2) is 0 Å². The average molecular weight is 316 g/mol. The lowest BCUT2D eigenvalue weighted by Gasteiger charge is -2.32. The van der Waals surface area contributed by atoms with Crippen LogP contribution in [0.5, 0.6) is 0 Å². The molecule has 5 heteroatoms. The van der Waals surface area contributed by atoms with Crippen LogP contribution in [0.4, 0.5) is 0 Å². The normalized spacial score (nSPS) is 23.4. The molecule has 0 spiro atoms. The summed E-state index contributed by atoms with van der Waals surface area (Å²) in [4.78, 5) is 19.4. The Morgan fingerprint density at radius 1 is 1.13 bits per heavy atom. The molecule has 0 radical (unpaired) electrons. The standard InChI is InChI=1S/C18H28N4O/c1-20-9-11-21(12-10-20)14-15-4-6-16(7-5-15)18(23)22-8-2-3-17(22)13-19/h4-7,17H,2-3,8-14,19H2,1H3. The topological polar surface area (TPSA) is 52.8 Å². The van der Waals surface area contributed by atoms with Crippen molar-refractivity contribution in [2.45, 2.75) is 25.4 Å². The van der Waals surface area contributed by atoms with Crippen molar-refractivity contribution in [1.29, 1.82) is 0 Å². The van der Waals surface area contributed by atoms with Crippen LogP contribution in [0, 0.1) is 0 Å². The van der Waals surface area contributed by atoms with Crippen LogP contribution < -0.4 is 5.73 Å². The molecule has 0 aromatic heterocycles. The first-order valence-electron chi connectivity index (χ1n) is 8.68. The van der Waals surface area contributed by atoms with Crippen molar-refractivity contribution in [2.24, 2.45) is 5.73 Å². The van der Waals surface area contributed by atoms with Crippen molar-refractivity contribution in [2.75, 3.05) is 46.3 Å². The molecule has 1 atom stereocenters. The third-order valence-electron chi connectivity index (χ3n) is 5.11. The predicted molar refractivity (Wildman–Crippen MR) is 92.3 cm³/mol. The number of likely N-dealkylation sites (tertiary alicyclic amines) is 1. The Kier molecular flexibility index (Phi) is 5.30. The van der Waals surface area contributed by atoms with Crippen LogP contribution in [0.15, 0.2) is 24.3 Å². The highest BCUT2D eigenvalue weighted by atomic mass is 16.2. The number of amides is 1. The lowest BCUT2D eigenvalue weighted by atomic mass is 10.1. The minimum Gasteiger partial charge on any atom is -0.334 e. The Morgan fingerprint density at radius 2 is 1.83 bits per heavy atom. The summed E-state index contributed by atoms with van der Waals surface area (Å²) in [5, 5.41) is 0. The maximum Gasteiger partial charge on any atom is 0.254 e. The minimum atomic E-state index is 0.129. The highest BCUT2D eigenvalue weighted by Crippen LogP contribution is 2.20. The van der Waals surface area contributed by atoms with E-state index in [4.69, 9.17) is 5.73 Å². The van der Waals surface area contributed by atoms with Gasteiger partial charge in [0, 0.05) is 57.4 Å². The fourth-order valence-corrected chi connectivity index (χ4v) is 3.53. The average Bonchev–Trinajstić information content (AvgIpc) is 3.06. The van der Waals surface area contributed by atoms with Gasteiger partial charge in [0.2, 0.25) is 0 Å². The van der Waals surface area contributed by atoms with Gasteiger partial charge in [-0.15, -0.1) is 0 Å².